The van der Waals surface area contributed by atoms with Crippen LogP contribution in [0.4, 0.5) is 5.13 Å². The van der Waals surface area contributed by atoms with E-state index in [4.69, 9.17) is 5.73 Å². The van der Waals surface area contributed by atoms with E-state index >= 15 is 0 Å². The Kier molecular flexibility index (Phi) is 3.50. The molecular formula is C12H21N3S. The van der Waals surface area contributed by atoms with Crippen LogP contribution in [0.25, 0.3) is 0 Å². The number of thiazole rings is 1. The van der Waals surface area contributed by atoms with E-state index in [-0.39, 0.29) is 0 Å². The fourth-order valence-corrected chi connectivity index (χ4v) is 3.01. The molecule has 4 heteroatoms. The van der Waals surface area contributed by atoms with Gasteiger partial charge >= 0.3 is 0 Å². The van der Waals surface area contributed by atoms with Crippen molar-refractivity contribution in [3.63, 3.8) is 0 Å². The lowest BCUT2D eigenvalue weighted by atomic mass is 9.81. The quantitative estimate of drug-likeness (QED) is 0.880. The first-order chi connectivity index (χ1) is 7.67. The Morgan fingerprint density at radius 3 is 2.69 bits per heavy atom. The second-order valence-corrected chi connectivity index (χ2v) is 5.81. The molecule has 0 atom stereocenters. The molecule has 2 N–H and O–H groups in total. The summed E-state index contributed by atoms with van der Waals surface area (Å²) in [5, 5.41) is 3.36. The van der Waals surface area contributed by atoms with Gasteiger partial charge in [-0.1, -0.05) is 13.8 Å². The molecule has 0 aliphatic carbocycles. The molecule has 1 aromatic heterocycles. The highest BCUT2D eigenvalue weighted by Crippen LogP contribution is 2.33. The van der Waals surface area contributed by atoms with E-state index < -0.39 is 0 Å². The number of piperidine rings is 1. The van der Waals surface area contributed by atoms with Crippen LogP contribution in [-0.4, -0.2) is 24.6 Å². The molecular weight excluding hydrogens is 218 g/mol. The second-order valence-electron chi connectivity index (χ2n) is 4.98. The fourth-order valence-electron chi connectivity index (χ4n) is 2.05. The molecule has 1 aromatic rings. The van der Waals surface area contributed by atoms with Crippen molar-refractivity contribution in [2.24, 2.45) is 11.1 Å². The topological polar surface area (TPSA) is 42.1 Å². The van der Waals surface area contributed by atoms with Gasteiger partial charge in [0, 0.05) is 18.5 Å². The number of aromatic nitrogens is 1. The van der Waals surface area contributed by atoms with Crippen molar-refractivity contribution in [3.05, 3.63) is 11.1 Å². The SMILES string of the molecule is CCc1csc(N2CCC(C)(CN)CC2)n1. The Balaban J connectivity index is 1.98. The highest BCUT2D eigenvalue weighted by atomic mass is 32.1. The average molecular weight is 239 g/mol. The minimum atomic E-state index is 0.349. The van der Waals surface area contributed by atoms with Crippen molar-refractivity contribution in [1.29, 1.82) is 0 Å². The molecule has 3 nitrogen and oxygen atoms in total. The van der Waals surface area contributed by atoms with Gasteiger partial charge in [-0.15, -0.1) is 11.3 Å². The summed E-state index contributed by atoms with van der Waals surface area (Å²) in [7, 11) is 0. The van der Waals surface area contributed by atoms with Crippen molar-refractivity contribution >= 4 is 16.5 Å². The molecule has 0 saturated carbocycles. The standard InChI is InChI=1S/C12H21N3S/c1-3-10-8-16-11(14-10)15-6-4-12(2,9-13)5-7-15/h8H,3-7,9,13H2,1-2H3. The van der Waals surface area contributed by atoms with E-state index in [1.54, 1.807) is 11.3 Å². The molecule has 2 heterocycles. The summed E-state index contributed by atoms with van der Waals surface area (Å²) >= 11 is 1.77. The number of nitrogens with zero attached hydrogens (tertiary/aromatic N) is 2. The fraction of sp³-hybridized carbons (Fsp3) is 0.750. The van der Waals surface area contributed by atoms with Crippen LogP contribution in [0.15, 0.2) is 5.38 Å². The third-order valence-electron chi connectivity index (χ3n) is 3.64. The molecule has 2 rings (SSSR count). The van der Waals surface area contributed by atoms with Gasteiger partial charge in [0.15, 0.2) is 5.13 Å². The van der Waals surface area contributed by atoms with Crippen LogP contribution >= 0.6 is 11.3 Å². The van der Waals surface area contributed by atoms with Crippen LogP contribution in [0.3, 0.4) is 0 Å². The van der Waals surface area contributed by atoms with Crippen LogP contribution in [0, 0.1) is 5.41 Å². The van der Waals surface area contributed by atoms with E-state index in [0.717, 1.165) is 26.1 Å². The van der Waals surface area contributed by atoms with Crippen molar-refractivity contribution in [2.45, 2.75) is 33.1 Å². The van der Waals surface area contributed by atoms with Crippen LogP contribution < -0.4 is 10.6 Å². The average Bonchev–Trinajstić information content (AvgIpc) is 2.79. The summed E-state index contributed by atoms with van der Waals surface area (Å²) < 4.78 is 0. The zero-order valence-electron chi connectivity index (χ0n) is 10.2. The predicted molar refractivity (Wildman–Crippen MR) is 70.1 cm³/mol. The highest BCUT2D eigenvalue weighted by Gasteiger charge is 2.29. The van der Waals surface area contributed by atoms with Gasteiger partial charge in [0.05, 0.1) is 5.69 Å². The Morgan fingerprint density at radius 2 is 2.19 bits per heavy atom. The van der Waals surface area contributed by atoms with Crippen molar-refractivity contribution in [1.82, 2.24) is 4.98 Å². The molecule has 1 aliphatic heterocycles. The molecule has 90 valence electrons. The van der Waals surface area contributed by atoms with E-state index in [1.807, 2.05) is 0 Å². The maximum atomic E-state index is 5.82. The maximum Gasteiger partial charge on any atom is 0.185 e. The molecule has 1 fully saturated rings. The zero-order valence-corrected chi connectivity index (χ0v) is 11.0. The number of anilines is 1. The van der Waals surface area contributed by atoms with Crippen LogP contribution in [0.1, 0.15) is 32.4 Å². The molecule has 0 radical (unpaired) electrons. The van der Waals surface area contributed by atoms with Crippen molar-refractivity contribution in [2.75, 3.05) is 24.5 Å². The Morgan fingerprint density at radius 1 is 1.50 bits per heavy atom. The first kappa shape index (κ1) is 11.9. The Hall–Kier alpha value is -0.610. The van der Waals surface area contributed by atoms with E-state index in [2.05, 4.69) is 29.1 Å². The van der Waals surface area contributed by atoms with Crippen LogP contribution in [0.5, 0.6) is 0 Å². The zero-order chi connectivity index (χ0) is 11.6. The maximum absolute atomic E-state index is 5.82. The molecule has 0 bridgehead atoms. The summed E-state index contributed by atoms with van der Waals surface area (Å²) in [4.78, 5) is 7.04. The van der Waals surface area contributed by atoms with Gasteiger partial charge in [-0.3, -0.25) is 0 Å². The third kappa shape index (κ3) is 2.38. The highest BCUT2D eigenvalue weighted by molar-refractivity contribution is 7.13. The monoisotopic (exact) mass is 239 g/mol. The minimum Gasteiger partial charge on any atom is -0.348 e. The molecule has 0 spiro atoms. The number of aryl methyl sites for hydroxylation is 1. The lowest BCUT2D eigenvalue weighted by molar-refractivity contribution is 0.258. The number of rotatable bonds is 3. The van der Waals surface area contributed by atoms with E-state index in [1.165, 1.54) is 23.7 Å². The molecule has 0 amide bonds. The largest absolute Gasteiger partial charge is 0.348 e. The van der Waals surface area contributed by atoms with Gasteiger partial charge in [-0.2, -0.15) is 0 Å². The van der Waals surface area contributed by atoms with Gasteiger partial charge < -0.3 is 10.6 Å². The summed E-state index contributed by atoms with van der Waals surface area (Å²) in [5.74, 6) is 0. The third-order valence-corrected chi connectivity index (χ3v) is 4.59. The first-order valence-corrected chi connectivity index (χ1v) is 6.94. The number of hydrogen-bond acceptors (Lipinski definition) is 4. The molecule has 0 aromatic carbocycles. The summed E-state index contributed by atoms with van der Waals surface area (Å²) in [6.07, 6.45) is 3.40. The summed E-state index contributed by atoms with van der Waals surface area (Å²) in [5.41, 5.74) is 7.38. The predicted octanol–water partition coefficient (Wildman–Crippen LogP) is 2.27. The molecule has 16 heavy (non-hydrogen) atoms. The lowest BCUT2D eigenvalue weighted by Crippen LogP contribution is -2.42. The van der Waals surface area contributed by atoms with Crippen molar-refractivity contribution in [3.8, 4) is 0 Å². The van der Waals surface area contributed by atoms with Crippen LogP contribution in [-0.2, 0) is 6.42 Å². The Bertz CT molecular complexity index is 340. The van der Waals surface area contributed by atoms with Gasteiger partial charge in [-0.25, -0.2) is 4.98 Å². The summed E-state index contributed by atoms with van der Waals surface area (Å²) in [6.45, 7) is 7.46. The summed E-state index contributed by atoms with van der Waals surface area (Å²) in [6, 6.07) is 0. The van der Waals surface area contributed by atoms with E-state index in [0.29, 0.717) is 5.41 Å². The molecule has 1 aliphatic rings. The van der Waals surface area contributed by atoms with Gasteiger partial charge in [0.1, 0.15) is 0 Å². The Labute approximate surface area is 102 Å². The van der Waals surface area contributed by atoms with Crippen LogP contribution in [0.2, 0.25) is 0 Å². The second kappa shape index (κ2) is 4.72. The molecule has 0 unspecified atom stereocenters. The minimum absolute atomic E-state index is 0.349. The van der Waals surface area contributed by atoms with Gasteiger partial charge in [-0.05, 0) is 31.2 Å². The van der Waals surface area contributed by atoms with Gasteiger partial charge in [0.2, 0.25) is 0 Å². The number of hydrogen-bond donors (Lipinski definition) is 1. The molecule has 1 saturated heterocycles. The first-order valence-electron chi connectivity index (χ1n) is 6.06. The smallest absolute Gasteiger partial charge is 0.185 e. The lowest BCUT2D eigenvalue weighted by Gasteiger charge is -2.38. The van der Waals surface area contributed by atoms with Gasteiger partial charge in [0.25, 0.3) is 0 Å². The van der Waals surface area contributed by atoms with E-state index in [9.17, 15) is 0 Å². The number of nitrogens with two attached hydrogens (primary N) is 1. The normalized spacial score (nSPS) is 20.1. The van der Waals surface area contributed by atoms with Crippen molar-refractivity contribution < 1.29 is 0 Å².